The standard InChI is InChI=1S/C21H32N4O3.HI/c1-5-15(2)19(26)24-18-8-6-7-16(13-18)14-23-21(22-3)25-11-9-17(10-12-25)20(27)28-4;/h6-8,13,15,17H,5,9-12,14H2,1-4H3,(H,22,23)(H,24,26);1H. The van der Waals surface area contributed by atoms with Crippen molar-refractivity contribution in [3.05, 3.63) is 29.8 Å². The van der Waals surface area contributed by atoms with Crippen molar-refractivity contribution in [1.82, 2.24) is 10.2 Å². The molecule has 2 N–H and O–H groups in total. The van der Waals surface area contributed by atoms with Gasteiger partial charge < -0.3 is 20.3 Å². The molecule has 1 amide bonds. The molecular weight excluding hydrogens is 483 g/mol. The fourth-order valence-electron chi connectivity index (χ4n) is 3.22. The smallest absolute Gasteiger partial charge is 0.308 e. The maximum Gasteiger partial charge on any atom is 0.308 e. The minimum Gasteiger partial charge on any atom is -0.469 e. The van der Waals surface area contributed by atoms with Gasteiger partial charge in [-0.15, -0.1) is 24.0 Å². The maximum atomic E-state index is 12.1. The number of anilines is 1. The molecule has 0 aromatic heterocycles. The lowest BCUT2D eigenvalue weighted by Crippen LogP contribution is -2.46. The number of carbonyl (C=O) groups is 2. The van der Waals surface area contributed by atoms with Gasteiger partial charge in [0.25, 0.3) is 0 Å². The number of hydrogen-bond acceptors (Lipinski definition) is 4. The summed E-state index contributed by atoms with van der Waals surface area (Å²) in [7, 11) is 3.20. The van der Waals surface area contributed by atoms with Gasteiger partial charge in [0, 0.05) is 38.3 Å². The van der Waals surface area contributed by atoms with Gasteiger partial charge in [-0.2, -0.15) is 0 Å². The van der Waals surface area contributed by atoms with E-state index in [-0.39, 0.29) is 47.7 Å². The molecule has 1 atom stereocenters. The largest absolute Gasteiger partial charge is 0.469 e. The molecule has 0 bridgehead atoms. The molecule has 0 spiro atoms. The summed E-state index contributed by atoms with van der Waals surface area (Å²) in [5.41, 5.74) is 1.87. The Morgan fingerprint density at radius 2 is 2.00 bits per heavy atom. The van der Waals surface area contributed by atoms with Crippen LogP contribution in [-0.2, 0) is 20.9 Å². The molecule has 1 aromatic carbocycles. The number of aliphatic imine (C=N–C) groups is 1. The number of ether oxygens (including phenoxy) is 1. The molecule has 1 aliphatic rings. The van der Waals surface area contributed by atoms with Crippen molar-refractivity contribution < 1.29 is 14.3 Å². The van der Waals surface area contributed by atoms with Crippen molar-refractivity contribution in [1.29, 1.82) is 0 Å². The fraction of sp³-hybridized carbons (Fsp3) is 0.571. The number of methoxy groups -OCH3 is 1. The second-order valence-corrected chi connectivity index (χ2v) is 7.18. The molecule has 0 saturated carbocycles. The first-order valence-electron chi connectivity index (χ1n) is 9.91. The van der Waals surface area contributed by atoms with E-state index in [1.807, 2.05) is 38.1 Å². The average molecular weight is 516 g/mol. The second-order valence-electron chi connectivity index (χ2n) is 7.18. The zero-order chi connectivity index (χ0) is 20.5. The lowest BCUT2D eigenvalue weighted by Gasteiger charge is -2.33. The zero-order valence-corrected chi connectivity index (χ0v) is 20.1. The summed E-state index contributed by atoms with van der Waals surface area (Å²) in [5, 5.41) is 6.34. The van der Waals surface area contributed by atoms with Crippen LogP contribution >= 0.6 is 24.0 Å². The number of esters is 1. The van der Waals surface area contributed by atoms with Crippen molar-refractivity contribution in [3.8, 4) is 0 Å². The van der Waals surface area contributed by atoms with Crippen LogP contribution in [0.4, 0.5) is 5.69 Å². The molecule has 7 nitrogen and oxygen atoms in total. The van der Waals surface area contributed by atoms with Gasteiger partial charge in [-0.05, 0) is 37.0 Å². The number of nitrogens with one attached hydrogen (secondary N) is 2. The Balaban J connectivity index is 0.00000420. The van der Waals surface area contributed by atoms with Crippen molar-refractivity contribution in [2.45, 2.75) is 39.7 Å². The van der Waals surface area contributed by atoms with Crippen LogP contribution in [-0.4, -0.2) is 50.0 Å². The zero-order valence-electron chi connectivity index (χ0n) is 17.7. The van der Waals surface area contributed by atoms with E-state index >= 15 is 0 Å². The van der Waals surface area contributed by atoms with Crippen molar-refractivity contribution in [2.24, 2.45) is 16.8 Å². The van der Waals surface area contributed by atoms with Crippen LogP contribution in [0.25, 0.3) is 0 Å². The normalized spacial score (nSPS) is 15.9. The summed E-state index contributed by atoms with van der Waals surface area (Å²) < 4.78 is 4.84. The predicted molar refractivity (Wildman–Crippen MR) is 126 cm³/mol. The molecule has 162 valence electrons. The molecule has 1 fully saturated rings. The third kappa shape index (κ3) is 7.49. The highest BCUT2D eigenvalue weighted by atomic mass is 127. The summed E-state index contributed by atoms with van der Waals surface area (Å²) in [4.78, 5) is 30.3. The van der Waals surface area contributed by atoms with Crippen LogP contribution < -0.4 is 10.6 Å². The van der Waals surface area contributed by atoms with Crippen LogP contribution in [0.5, 0.6) is 0 Å². The lowest BCUT2D eigenvalue weighted by molar-refractivity contribution is -0.146. The minimum absolute atomic E-state index is 0. The van der Waals surface area contributed by atoms with E-state index in [1.165, 1.54) is 7.11 Å². The van der Waals surface area contributed by atoms with E-state index in [4.69, 9.17) is 4.74 Å². The summed E-state index contributed by atoms with van der Waals surface area (Å²) in [5.74, 6) is 0.701. The summed E-state index contributed by atoms with van der Waals surface area (Å²) >= 11 is 0. The first kappa shape index (κ1) is 25.2. The van der Waals surface area contributed by atoms with Gasteiger partial charge in [0.15, 0.2) is 5.96 Å². The van der Waals surface area contributed by atoms with E-state index in [2.05, 4.69) is 20.5 Å². The number of amides is 1. The Hall–Kier alpha value is -1.84. The molecule has 1 saturated heterocycles. The van der Waals surface area contributed by atoms with Gasteiger partial charge >= 0.3 is 5.97 Å². The lowest BCUT2D eigenvalue weighted by atomic mass is 9.97. The fourth-order valence-corrected chi connectivity index (χ4v) is 3.22. The van der Waals surface area contributed by atoms with Crippen LogP contribution in [0.2, 0.25) is 0 Å². The molecule has 8 heteroatoms. The molecule has 2 rings (SSSR count). The first-order valence-corrected chi connectivity index (χ1v) is 9.91. The molecule has 0 aliphatic carbocycles. The molecule has 1 aromatic rings. The highest BCUT2D eigenvalue weighted by molar-refractivity contribution is 14.0. The van der Waals surface area contributed by atoms with Crippen LogP contribution in [0.1, 0.15) is 38.7 Å². The quantitative estimate of drug-likeness (QED) is 0.263. The Labute approximate surface area is 190 Å². The molecule has 1 unspecified atom stereocenters. The van der Waals surface area contributed by atoms with Gasteiger partial charge in [-0.1, -0.05) is 26.0 Å². The van der Waals surface area contributed by atoms with Gasteiger partial charge in [0.2, 0.25) is 5.91 Å². The Morgan fingerprint density at radius 1 is 1.31 bits per heavy atom. The maximum absolute atomic E-state index is 12.1. The summed E-state index contributed by atoms with van der Waals surface area (Å²) in [6, 6.07) is 7.83. The first-order chi connectivity index (χ1) is 13.5. The van der Waals surface area contributed by atoms with Gasteiger partial charge in [-0.25, -0.2) is 0 Å². The van der Waals surface area contributed by atoms with Gasteiger partial charge in [-0.3, -0.25) is 14.6 Å². The van der Waals surface area contributed by atoms with Crippen molar-refractivity contribution >= 4 is 47.5 Å². The van der Waals surface area contributed by atoms with E-state index < -0.39 is 0 Å². The van der Waals surface area contributed by atoms with Crippen LogP contribution in [0.15, 0.2) is 29.3 Å². The van der Waals surface area contributed by atoms with Crippen molar-refractivity contribution in [3.63, 3.8) is 0 Å². The van der Waals surface area contributed by atoms with Crippen LogP contribution in [0, 0.1) is 11.8 Å². The Bertz CT molecular complexity index is 703. The molecule has 1 aliphatic heterocycles. The number of nitrogens with zero attached hydrogens (tertiary/aromatic N) is 2. The number of halogens is 1. The number of carbonyl (C=O) groups excluding carboxylic acids is 2. The summed E-state index contributed by atoms with van der Waals surface area (Å²) in [6.07, 6.45) is 2.35. The number of likely N-dealkylation sites (tertiary alicyclic amines) is 1. The van der Waals surface area contributed by atoms with E-state index in [9.17, 15) is 9.59 Å². The minimum atomic E-state index is -0.126. The summed E-state index contributed by atoms with van der Waals surface area (Å²) in [6.45, 7) is 6.07. The van der Waals surface area contributed by atoms with Gasteiger partial charge in [0.05, 0.1) is 13.0 Å². The Morgan fingerprint density at radius 3 is 2.59 bits per heavy atom. The monoisotopic (exact) mass is 516 g/mol. The van der Waals surface area contributed by atoms with E-state index in [0.717, 1.165) is 49.6 Å². The highest BCUT2D eigenvalue weighted by Gasteiger charge is 2.26. The number of benzene rings is 1. The third-order valence-corrected chi connectivity index (χ3v) is 5.25. The highest BCUT2D eigenvalue weighted by Crippen LogP contribution is 2.19. The third-order valence-electron chi connectivity index (χ3n) is 5.25. The Kier molecular flexibility index (Phi) is 11.0. The van der Waals surface area contributed by atoms with Gasteiger partial charge in [0.1, 0.15) is 0 Å². The van der Waals surface area contributed by atoms with E-state index in [1.54, 1.807) is 7.05 Å². The number of hydrogen-bond donors (Lipinski definition) is 2. The number of piperidine rings is 1. The molecular formula is C21H33IN4O3. The van der Waals surface area contributed by atoms with Crippen LogP contribution in [0.3, 0.4) is 0 Å². The average Bonchev–Trinajstić information content (AvgIpc) is 2.73. The van der Waals surface area contributed by atoms with E-state index in [0.29, 0.717) is 6.54 Å². The van der Waals surface area contributed by atoms with Crippen molar-refractivity contribution in [2.75, 3.05) is 32.6 Å². The predicted octanol–water partition coefficient (Wildman–Crippen LogP) is 3.25. The second kappa shape index (κ2) is 12.7. The number of rotatable bonds is 6. The number of guanidine groups is 1. The SMILES string of the molecule is CCC(C)C(=O)Nc1cccc(CNC(=NC)N2CCC(C(=O)OC)CC2)c1.I. The molecule has 29 heavy (non-hydrogen) atoms. The molecule has 0 radical (unpaired) electrons. The topological polar surface area (TPSA) is 83.0 Å². The molecule has 1 heterocycles.